The van der Waals surface area contributed by atoms with E-state index < -0.39 is 17.4 Å². The number of morpholine rings is 1. The molecule has 1 aliphatic heterocycles. The van der Waals surface area contributed by atoms with E-state index in [1.807, 2.05) is 26.8 Å². The molecule has 0 bridgehead atoms. The molecule has 0 atom stereocenters. The van der Waals surface area contributed by atoms with E-state index in [0.717, 1.165) is 17.6 Å². The predicted octanol–water partition coefficient (Wildman–Crippen LogP) is 2.35. The van der Waals surface area contributed by atoms with Crippen LogP contribution in [-0.4, -0.2) is 56.1 Å². The molecule has 1 aliphatic rings. The molecular formula is C24H26FN7O3. The minimum absolute atomic E-state index is 0.194. The molecule has 1 fully saturated rings. The van der Waals surface area contributed by atoms with Crippen molar-refractivity contribution in [3.05, 3.63) is 58.8 Å². The number of ether oxygens (including phenoxy) is 1. The molecule has 182 valence electrons. The number of aromatic nitrogens is 5. The van der Waals surface area contributed by atoms with Gasteiger partial charge >= 0.3 is 5.69 Å². The molecule has 0 aliphatic carbocycles. The number of nitrogens with zero attached hydrogens (tertiary/aromatic N) is 6. The Morgan fingerprint density at radius 1 is 1.17 bits per heavy atom. The van der Waals surface area contributed by atoms with Crippen LogP contribution in [-0.2, 0) is 21.5 Å². The van der Waals surface area contributed by atoms with Crippen molar-refractivity contribution in [3.8, 4) is 0 Å². The van der Waals surface area contributed by atoms with Gasteiger partial charge in [-0.15, -0.1) is 0 Å². The van der Waals surface area contributed by atoms with Crippen molar-refractivity contribution in [2.24, 2.45) is 0 Å². The number of anilines is 2. The smallest absolute Gasteiger partial charge is 0.334 e. The number of imidazole rings is 1. The number of pyridine rings is 2. The Balaban J connectivity index is 1.63. The molecule has 1 amide bonds. The number of hydrogen-bond donors (Lipinski definition) is 1. The Labute approximate surface area is 200 Å². The summed E-state index contributed by atoms with van der Waals surface area (Å²) in [6.45, 7) is 8.38. The fourth-order valence-electron chi connectivity index (χ4n) is 4.03. The molecule has 35 heavy (non-hydrogen) atoms. The third-order valence-corrected chi connectivity index (χ3v) is 5.94. The molecule has 5 rings (SSSR count). The zero-order valence-electron chi connectivity index (χ0n) is 19.8. The second-order valence-electron chi connectivity index (χ2n) is 9.51. The average molecular weight is 480 g/mol. The van der Waals surface area contributed by atoms with E-state index >= 15 is 0 Å². The van der Waals surface area contributed by atoms with Gasteiger partial charge in [-0.3, -0.25) is 9.36 Å². The maximum atomic E-state index is 13.6. The van der Waals surface area contributed by atoms with Gasteiger partial charge in [0.05, 0.1) is 42.5 Å². The van der Waals surface area contributed by atoms with Crippen LogP contribution in [0, 0.1) is 5.82 Å². The van der Waals surface area contributed by atoms with Crippen LogP contribution in [0.1, 0.15) is 26.5 Å². The molecular weight excluding hydrogens is 453 g/mol. The number of amides is 1. The van der Waals surface area contributed by atoms with Gasteiger partial charge in [0.15, 0.2) is 5.65 Å². The zero-order chi connectivity index (χ0) is 24.7. The van der Waals surface area contributed by atoms with Crippen LogP contribution in [0.25, 0.3) is 16.7 Å². The zero-order valence-corrected chi connectivity index (χ0v) is 19.8. The van der Waals surface area contributed by atoms with Gasteiger partial charge in [0.2, 0.25) is 5.91 Å². The summed E-state index contributed by atoms with van der Waals surface area (Å²) in [5.41, 5.74) is 2.35. The number of fused-ring (bicyclic) bond motifs is 3. The number of carbonyl (C=O) groups is 1. The first-order valence-electron chi connectivity index (χ1n) is 11.4. The molecule has 5 heterocycles. The van der Waals surface area contributed by atoms with Gasteiger partial charge in [-0.1, -0.05) is 20.8 Å². The summed E-state index contributed by atoms with van der Waals surface area (Å²) in [6, 6.07) is 4.43. The summed E-state index contributed by atoms with van der Waals surface area (Å²) in [4.78, 5) is 41.8. The minimum Gasteiger partial charge on any atom is -0.378 e. The molecule has 1 saturated heterocycles. The average Bonchev–Trinajstić information content (AvgIpc) is 3.30. The van der Waals surface area contributed by atoms with Crippen LogP contribution in [0.2, 0.25) is 0 Å². The lowest BCUT2D eigenvalue weighted by Gasteiger charge is -2.28. The second kappa shape index (κ2) is 8.73. The van der Waals surface area contributed by atoms with Crippen molar-refractivity contribution in [2.75, 3.05) is 36.5 Å². The van der Waals surface area contributed by atoms with E-state index in [4.69, 9.17) is 9.72 Å². The third-order valence-electron chi connectivity index (χ3n) is 5.94. The van der Waals surface area contributed by atoms with Gasteiger partial charge in [0, 0.05) is 24.7 Å². The van der Waals surface area contributed by atoms with Crippen LogP contribution in [0.15, 0.2) is 41.6 Å². The van der Waals surface area contributed by atoms with Crippen molar-refractivity contribution in [2.45, 2.75) is 32.7 Å². The van der Waals surface area contributed by atoms with E-state index in [1.54, 1.807) is 12.4 Å². The van der Waals surface area contributed by atoms with Crippen LogP contribution < -0.4 is 15.9 Å². The van der Waals surface area contributed by atoms with Gasteiger partial charge in [-0.2, -0.15) is 0 Å². The maximum Gasteiger partial charge on any atom is 0.334 e. The highest BCUT2D eigenvalue weighted by Gasteiger charge is 2.23. The first-order chi connectivity index (χ1) is 16.7. The maximum absolute atomic E-state index is 13.6. The van der Waals surface area contributed by atoms with Crippen LogP contribution >= 0.6 is 0 Å². The van der Waals surface area contributed by atoms with E-state index in [0.29, 0.717) is 43.0 Å². The van der Waals surface area contributed by atoms with Crippen molar-refractivity contribution in [3.63, 3.8) is 0 Å². The lowest BCUT2D eigenvalue weighted by molar-refractivity contribution is -0.116. The van der Waals surface area contributed by atoms with Crippen molar-refractivity contribution < 1.29 is 13.9 Å². The Hall–Kier alpha value is -3.86. The highest BCUT2D eigenvalue weighted by molar-refractivity contribution is 5.93. The summed E-state index contributed by atoms with van der Waals surface area (Å²) in [5.74, 6) is -0.786. The quantitative estimate of drug-likeness (QED) is 0.479. The lowest BCUT2D eigenvalue weighted by Crippen LogP contribution is -2.36. The Kier molecular flexibility index (Phi) is 5.72. The van der Waals surface area contributed by atoms with Crippen LogP contribution in [0.5, 0.6) is 0 Å². The minimum atomic E-state index is -0.507. The number of carbonyl (C=O) groups excluding carboxylic acids is 1. The normalized spacial score (nSPS) is 14.6. The molecule has 0 radical (unpaired) electrons. The monoisotopic (exact) mass is 479 g/mol. The highest BCUT2D eigenvalue weighted by Crippen LogP contribution is 2.26. The van der Waals surface area contributed by atoms with Gasteiger partial charge in [0.25, 0.3) is 0 Å². The molecule has 0 saturated carbocycles. The van der Waals surface area contributed by atoms with E-state index in [-0.39, 0.29) is 17.8 Å². The topological polar surface area (TPSA) is 107 Å². The molecule has 4 aromatic rings. The fraction of sp³-hybridized carbons (Fsp3) is 0.375. The number of rotatable bonds is 4. The molecule has 11 heteroatoms. The number of hydrogen-bond acceptors (Lipinski definition) is 7. The highest BCUT2D eigenvalue weighted by atomic mass is 19.1. The third kappa shape index (κ3) is 4.46. The summed E-state index contributed by atoms with van der Waals surface area (Å²) in [5, 5.41) is 2.62. The Bertz CT molecular complexity index is 1470. The lowest BCUT2D eigenvalue weighted by atomic mass is 9.93. The number of nitrogens with one attached hydrogen (secondary N) is 1. The van der Waals surface area contributed by atoms with Gasteiger partial charge in [-0.25, -0.2) is 28.5 Å². The second-order valence-corrected chi connectivity index (χ2v) is 9.51. The van der Waals surface area contributed by atoms with E-state index in [9.17, 15) is 14.0 Å². The Morgan fingerprint density at radius 2 is 1.94 bits per heavy atom. The van der Waals surface area contributed by atoms with Gasteiger partial charge in [0.1, 0.15) is 23.7 Å². The van der Waals surface area contributed by atoms with Gasteiger partial charge in [-0.05, 0) is 18.2 Å². The van der Waals surface area contributed by atoms with Crippen molar-refractivity contribution in [1.82, 2.24) is 23.9 Å². The molecule has 0 unspecified atom stereocenters. The first-order valence-corrected chi connectivity index (χ1v) is 11.4. The van der Waals surface area contributed by atoms with Crippen molar-refractivity contribution in [1.29, 1.82) is 0 Å². The molecule has 4 aromatic heterocycles. The van der Waals surface area contributed by atoms with E-state index in [2.05, 4.69) is 20.2 Å². The first kappa shape index (κ1) is 22.9. The van der Waals surface area contributed by atoms with Crippen LogP contribution in [0.3, 0.4) is 0 Å². The SMILES string of the molecule is CC(C)(C)c1cn2c(=O)n(CC(=O)Nc3ccc(F)cn3)c3cc(N4CCOCC4)cnc3c2n1. The molecule has 0 spiro atoms. The van der Waals surface area contributed by atoms with E-state index in [1.165, 1.54) is 21.1 Å². The fourth-order valence-corrected chi connectivity index (χ4v) is 4.03. The summed E-state index contributed by atoms with van der Waals surface area (Å²) >= 11 is 0. The summed E-state index contributed by atoms with van der Waals surface area (Å²) in [7, 11) is 0. The predicted molar refractivity (Wildman–Crippen MR) is 129 cm³/mol. The Morgan fingerprint density at radius 3 is 2.63 bits per heavy atom. The molecule has 0 aromatic carbocycles. The molecule has 10 nitrogen and oxygen atoms in total. The van der Waals surface area contributed by atoms with Gasteiger partial charge < -0.3 is 15.0 Å². The largest absolute Gasteiger partial charge is 0.378 e. The van der Waals surface area contributed by atoms with Crippen LogP contribution in [0.4, 0.5) is 15.9 Å². The van der Waals surface area contributed by atoms with Crippen molar-refractivity contribution >= 4 is 34.1 Å². The standard InChI is InChI=1S/C24H26FN7O3/c1-24(2,3)18-13-32-22(28-18)21-17(10-16(12-27-21)30-6-8-35-9-7-30)31(23(32)34)14-20(33)29-19-5-4-15(25)11-26-19/h4-5,10-13H,6-9,14H2,1-3H3,(H,26,29,33). The summed E-state index contributed by atoms with van der Waals surface area (Å²) < 4.78 is 21.4. The summed E-state index contributed by atoms with van der Waals surface area (Å²) in [6.07, 6.45) is 4.47. The number of halogens is 1. The molecule has 1 N–H and O–H groups in total.